The first-order valence-corrected chi connectivity index (χ1v) is 6.53. The quantitative estimate of drug-likeness (QED) is 0.861. The molecular weight excluding hydrogens is 242 g/mol. The van der Waals surface area contributed by atoms with Crippen molar-refractivity contribution in [1.29, 1.82) is 0 Å². The largest absolute Gasteiger partial charge is 0.484 e. The number of ether oxygens (including phenoxy) is 1. The summed E-state index contributed by atoms with van der Waals surface area (Å²) in [6.07, 6.45) is 4.32. The smallest absolute Gasteiger partial charge is 0.174 e. The molecule has 2 aromatic rings. The van der Waals surface area contributed by atoms with Crippen molar-refractivity contribution >= 4 is 0 Å². The lowest BCUT2D eigenvalue weighted by atomic mass is 10.3. The van der Waals surface area contributed by atoms with E-state index in [2.05, 4.69) is 15.5 Å². The van der Waals surface area contributed by atoms with Gasteiger partial charge >= 0.3 is 0 Å². The van der Waals surface area contributed by atoms with Gasteiger partial charge in [0, 0.05) is 18.7 Å². The van der Waals surface area contributed by atoms with Gasteiger partial charge in [-0.1, -0.05) is 5.16 Å². The summed E-state index contributed by atoms with van der Waals surface area (Å²) >= 11 is 0. The average Bonchev–Trinajstić information content (AvgIpc) is 3.17. The van der Waals surface area contributed by atoms with Gasteiger partial charge in [-0.25, -0.2) is 0 Å². The van der Waals surface area contributed by atoms with E-state index in [1.54, 1.807) is 6.20 Å². The van der Waals surface area contributed by atoms with Crippen LogP contribution in [0.25, 0.3) is 0 Å². The number of rotatable bonds is 6. The van der Waals surface area contributed by atoms with Crippen molar-refractivity contribution < 1.29 is 9.26 Å². The molecule has 1 N–H and O–H groups in total. The van der Waals surface area contributed by atoms with Gasteiger partial charge in [-0.3, -0.25) is 4.98 Å². The number of aryl methyl sites for hydroxylation is 1. The predicted octanol–water partition coefficient (Wildman–Crippen LogP) is 2.21. The molecule has 1 aliphatic rings. The number of hydrogen-bond donors (Lipinski definition) is 1. The molecule has 2 heterocycles. The van der Waals surface area contributed by atoms with Crippen molar-refractivity contribution in [1.82, 2.24) is 15.5 Å². The molecule has 0 bridgehead atoms. The van der Waals surface area contributed by atoms with Crippen molar-refractivity contribution in [3.05, 3.63) is 41.5 Å². The molecule has 0 aromatic carbocycles. The lowest BCUT2D eigenvalue weighted by molar-refractivity contribution is 0.248. The fraction of sp³-hybridized carbons (Fsp3) is 0.429. The molecule has 1 fully saturated rings. The topological polar surface area (TPSA) is 60.2 Å². The van der Waals surface area contributed by atoms with Gasteiger partial charge in [-0.05, 0) is 31.9 Å². The molecule has 0 radical (unpaired) electrons. The van der Waals surface area contributed by atoms with Crippen molar-refractivity contribution in [2.75, 3.05) is 0 Å². The molecule has 3 rings (SSSR count). The Morgan fingerprint density at radius 2 is 2.32 bits per heavy atom. The number of pyridine rings is 1. The third-order valence-electron chi connectivity index (χ3n) is 3.00. The minimum Gasteiger partial charge on any atom is -0.484 e. The maximum Gasteiger partial charge on any atom is 0.174 e. The Morgan fingerprint density at radius 3 is 2.95 bits per heavy atom. The second-order valence-corrected chi connectivity index (χ2v) is 4.86. The van der Waals surface area contributed by atoms with E-state index in [-0.39, 0.29) is 0 Å². The molecular formula is C14H17N3O2. The lowest BCUT2D eigenvalue weighted by Crippen LogP contribution is -2.16. The Balaban J connectivity index is 1.50. The zero-order valence-corrected chi connectivity index (χ0v) is 10.9. The molecule has 0 saturated heterocycles. The molecule has 0 atom stereocenters. The summed E-state index contributed by atoms with van der Waals surface area (Å²) in [5.41, 5.74) is 1.90. The van der Waals surface area contributed by atoms with Crippen LogP contribution in [0.1, 0.15) is 30.0 Å². The van der Waals surface area contributed by atoms with E-state index in [0.717, 1.165) is 29.4 Å². The van der Waals surface area contributed by atoms with Gasteiger partial charge < -0.3 is 14.6 Å². The van der Waals surface area contributed by atoms with Crippen LogP contribution in [0.2, 0.25) is 0 Å². The minimum absolute atomic E-state index is 0.377. The van der Waals surface area contributed by atoms with Gasteiger partial charge in [0.2, 0.25) is 0 Å². The fourth-order valence-corrected chi connectivity index (χ4v) is 1.78. The van der Waals surface area contributed by atoms with Crippen molar-refractivity contribution in [2.45, 2.75) is 39.0 Å². The minimum atomic E-state index is 0.377. The van der Waals surface area contributed by atoms with E-state index >= 15 is 0 Å². The molecule has 2 aromatic heterocycles. The summed E-state index contributed by atoms with van der Waals surface area (Å²) in [6, 6.07) is 6.48. The van der Waals surface area contributed by atoms with Crippen molar-refractivity contribution in [2.24, 2.45) is 0 Å². The Labute approximate surface area is 112 Å². The van der Waals surface area contributed by atoms with E-state index in [4.69, 9.17) is 9.26 Å². The van der Waals surface area contributed by atoms with Crippen LogP contribution in [-0.2, 0) is 13.2 Å². The van der Waals surface area contributed by atoms with Crippen LogP contribution in [-0.4, -0.2) is 16.2 Å². The van der Waals surface area contributed by atoms with Crippen LogP contribution < -0.4 is 10.1 Å². The standard InChI is InChI=1S/C14H17N3O2/c1-10-6-14(19-17-10)9-18-13-5-4-12(16-8-13)7-15-11-2-3-11/h4-6,8,11,15H,2-3,7,9H2,1H3. The first-order chi connectivity index (χ1) is 9.29. The normalized spacial score (nSPS) is 14.6. The zero-order valence-electron chi connectivity index (χ0n) is 10.9. The van der Waals surface area contributed by atoms with E-state index in [0.29, 0.717) is 12.6 Å². The molecule has 0 spiro atoms. The highest BCUT2D eigenvalue weighted by Crippen LogP contribution is 2.19. The summed E-state index contributed by atoms with van der Waals surface area (Å²) in [7, 11) is 0. The summed E-state index contributed by atoms with van der Waals surface area (Å²) in [4.78, 5) is 4.36. The summed E-state index contributed by atoms with van der Waals surface area (Å²) in [6.45, 7) is 3.09. The third-order valence-corrected chi connectivity index (χ3v) is 3.00. The molecule has 0 unspecified atom stereocenters. The van der Waals surface area contributed by atoms with Gasteiger partial charge in [-0.15, -0.1) is 0 Å². The van der Waals surface area contributed by atoms with Gasteiger partial charge in [-0.2, -0.15) is 0 Å². The van der Waals surface area contributed by atoms with Gasteiger partial charge in [0.05, 0.1) is 17.6 Å². The molecule has 0 amide bonds. The molecule has 5 nitrogen and oxygen atoms in total. The molecule has 0 aliphatic heterocycles. The summed E-state index contributed by atoms with van der Waals surface area (Å²) in [5.74, 6) is 1.46. The van der Waals surface area contributed by atoms with Crippen LogP contribution in [0.5, 0.6) is 5.75 Å². The molecule has 1 aliphatic carbocycles. The van der Waals surface area contributed by atoms with E-state index < -0.39 is 0 Å². The first-order valence-electron chi connectivity index (χ1n) is 6.53. The highest BCUT2D eigenvalue weighted by Gasteiger charge is 2.20. The van der Waals surface area contributed by atoms with E-state index in [9.17, 15) is 0 Å². The Kier molecular flexibility index (Phi) is 3.46. The predicted molar refractivity (Wildman–Crippen MR) is 69.7 cm³/mol. The maximum atomic E-state index is 5.58. The van der Waals surface area contributed by atoms with Gasteiger partial charge in [0.25, 0.3) is 0 Å². The van der Waals surface area contributed by atoms with Crippen molar-refractivity contribution in [3.8, 4) is 5.75 Å². The Bertz CT molecular complexity index is 532. The monoisotopic (exact) mass is 259 g/mol. The summed E-state index contributed by atoms with van der Waals surface area (Å²) in [5, 5.41) is 7.24. The van der Waals surface area contributed by atoms with Gasteiger partial charge in [0.1, 0.15) is 12.4 Å². The van der Waals surface area contributed by atoms with Crippen LogP contribution in [0.3, 0.4) is 0 Å². The molecule has 19 heavy (non-hydrogen) atoms. The Hall–Kier alpha value is -1.88. The third kappa shape index (κ3) is 3.54. The SMILES string of the molecule is Cc1cc(COc2ccc(CNC3CC3)nc2)on1. The Morgan fingerprint density at radius 1 is 1.42 bits per heavy atom. The van der Waals surface area contributed by atoms with Crippen molar-refractivity contribution in [3.63, 3.8) is 0 Å². The summed E-state index contributed by atoms with van der Waals surface area (Å²) < 4.78 is 10.7. The number of nitrogens with one attached hydrogen (secondary N) is 1. The van der Waals surface area contributed by atoms with Gasteiger partial charge in [0.15, 0.2) is 5.76 Å². The highest BCUT2D eigenvalue weighted by atomic mass is 16.5. The van der Waals surface area contributed by atoms with E-state index in [1.165, 1.54) is 12.8 Å². The van der Waals surface area contributed by atoms with Crippen LogP contribution in [0, 0.1) is 6.92 Å². The second kappa shape index (κ2) is 5.40. The average molecular weight is 259 g/mol. The number of hydrogen-bond acceptors (Lipinski definition) is 5. The van der Waals surface area contributed by atoms with E-state index in [1.807, 2.05) is 25.1 Å². The number of nitrogens with zero attached hydrogens (tertiary/aromatic N) is 2. The zero-order chi connectivity index (χ0) is 13.1. The lowest BCUT2D eigenvalue weighted by Gasteiger charge is -2.05. The van der Waals surface area contributed by atoms with Crippen LogP contribution in [0.4, 0.5) is 0 Å². The second-order valence-electron chi connectivity index (χ2n) is 4.86. The maximum absolute atomic E-state index is 5.58. The molecule has 100 valence electrons. The fourth-order valence-electron chi connectivity index (χ4n) is 1.78. The molecule has 5 heteroatoms. The number of aromatic nitrogens is 2. The molecule has 1 saturated carbocycles. The van der Waals surface area contributed by atoms with Crippen LogP contribution in [0.15, 0.2) is 28.9 Å². The van der Waals surface area contributed by atoms with Crippen LogP contribution >= 0.6 is 0 Å². The highest BCUT2D eigenvalue weighted by molar-refractivity contribution is 5.20. The first kappa shape index (κ1) is 12.2.